The van der Waals surface area contributed by atoms with Crippen LogP contribution in [0.4, 0.5) is 0 Å². The number of pyridine rings is 1. The highest BCUT2D eigenvalue weighted by atomic mass is 35.5. The highest BCUT2D eigenvalue weighted by Gasteiger charge is 2.29. The first-order chi connectivity index (χ1) is 14.1. The third-order valence-electron chi connectivity index (χ3n) is 5.46. The van der Waals surface area contributed by atoms with Gasteiger partial charge in [-0.15, -0.1) is 0 Å². The summed E-state index contributed by atoms with van der Waals surface area (Å²) in [5.74, 6) is -0.0469. The van der Waals surface area contributed by atoms with Gasteiger partial charge in [-0.2, -0.15) is 0 Å². The van der Waals surface area contributed by atoms with Gasteiger partial charge in [-0.05, 0) is 30.2 Å². The summed E-state index contributed by atoms with van der Waals surface area (Å²) in [7, 11) is 0. The predicted octanol–water partition coefficient (Wildman–Crippen LogP) is 4.59. The Morgan fingerprint density at radius 2 is 1.55 bits per heavy atom. The fraction of sp³-hybridized carbons (Fsp3) is 0.250. The van der Waals surface area contributed by atoms with Gasteiger partial charge >= 0.3 is 0 Å². The first-order valence-electron chi connectivity index (χ1n) is 9.89. The van der Waals surface area contributed by atoms with Crippen LogP contribution in [0.3, 0.4) is 0 Å². The number of amides is 1. The zero-order valence-corrected chi connectivity index (χ0v) is 17.2. The number of piperazine rings is 1. The molecule has 3 aromatic rings. The Morgan fingerprint density at radius 3 is 2.21 bits per heavy atom. The zero-order chi connectivity index (χ0) is 20.2. The van der Waals surface area contributed by atoms with Crippen LogP contribution in [0.15, 0.2) is 72.9 Å². The van der Waals surface area contributed by atoms with E-state index in [4.69, 9.17) is 11.6 Å². The molecular formula is C24H24ClN3O. The van der Waals surface area contributed by atoms with Crippen molar-refractivity contribution in [3.63, 3.8) is 0 Å². The zero-order valence-electron chi connectivity index (χ0n) is 16.5. The molecule has 2 aromatic carbocycles. The number of rotatable bonds is 4. The number of carbonyl (C=O) groups is 1. The summed E-state index contributed by atoms with van der Waals surface area (Å²) < 4.78 is 0. The molecule has 0 spiro atoms. The smallest absolute Gasteiger partial charge is 0.257 e. The van der Waals surface area contributed by atoms with Gasteiger partial charge in [0.15, 0.2) is 0 Å². The summed E-state index contributed by atoms with van der Waals surface area (Å²) in [5.41, 5.74) is 4.27. The molecule has 0 saturated carbocycles. The molecule has 0 unspecified atom stereocenters. The summed E-state index contributed by atoms with van der Waals surface area (Å²) in [5, 5.41) is 0.266. The van der Waals surface area contributed by atoms with E-state index < -0.39 is 0 Å². The fourth-order valence-electron chi connectivity index (χ4n) is 3.90. The van der Waals surface area contributed by atoms with E-state index in [2.05, 4.69) is 65.3 Å². The van der Waals surface area contributed by atoms with Crippen LogP contribution in [-0.2, 0) is 0 Å². The Hall–Kier alpha value is -2.69. The van der Waals surface area contributed by atoms with Crippen LogP contribution in [0.5, 0.6) is 0 Å². The molecule has 1 fully saturated rings. The van der Waals surface area contributed by atoms with E-state index in [1.165, 1.54) is 16.7 Å². The molecule has 4 rings (SSSR count). The van der Waals surface area contributed by atoms with Crippen LogP contribution in [0.2, 0.25) is 5.15 Å². The average Bonchev–Trinajstić information content (AvgIpc) is 2.76. The molecule has 29 heavy (non-hydrogen) atoms. The Labute approximate surface area is 176 Å². The minimum absolute atomic E-state index is 0.0469. The van der Waals surface area contributed by atoms with E-state index in [9.17, 15) is 4.79 Å². The normalized spacial score (nSPS) is 15.9. The van der Waals surface area contributed by atoms with Crippen molar-refractivity contribution in [3.05, 3.63) is 100 Å². The number of hydrogen-bond donors (Lipinski definition) is 0. The van der Waals surface area contributed by atoms with Gasteiger partial charge in [-0.3, -0.25) is 9.69 Å². The summed E-state index contributed by atoms with van der Waals surface area (Å²) in [6.45, 7) is 5.04. The van der Waals surface area contributed by atoms with Gasteiger partial charge in [0.1, 0.15) is 5.15 Å². The molecule has 0 radical (unpaired) electrons. The quantitative estimate of drug-likeness (QED) is 0.595. The highest BCUT2D eigenvalue weighted by molar-refractivity contribution is 6.32. The molecular weight excluding hydrogens is 382 g/mol. The van der Waals surface area contributed by atoms with Crippen molar-refractivity contribution in [1.82, 2.24) is 14.8 Å². The molecule has 1 aliphatic rings. The van der Waals surface area contributed by atoms with Crippen molar-refractivity contribution < 1.29 is 4.79 Å². The average molecular weight is 406 g/mol. The summed E-state index contributed by atoms with van der Waals surface area (Å²) in [6, 6.07) is 23.0. The molecule has 1 atom stereocenters. The van der Waals surface area contributed by atoms with Gasteiger partial charge in [-0.1, -0.05) is 71.8 Å². The second-order valence-corrected chi connectivity index (χ2v) is 7.75. The van der Waals surface area contributed by atoms with Crippen molar-refractivity contribution >= 4 is 17.5 Å². The minimum atomic E-state index is -0.0469. The van der Waals surface area contributed by atoms with Crippen LogP contribution in [-0.4, -0.2) is 46.9 Å². The second kappa shape index (κ2) is 8.76. The molecule has 4 nitrogen and oxygen atoms in total. The number of hydrogen-bond acceptors (Lipinski definition) is 3. The Morgan fingerprint density at radius 1 is 0.897 bits per heavy atom. The molecule has 2 heterocycles. The van der Waals surface area contributed by atoms with E-state index >= 15 is 0 Å². The number of halogens is 1. The largest absolute Gasteiger partial charge is 0.336 e. The van der Waals surface area contributed by atoms with Gasteiger partial charge in [-0.25, -0.2) is 4.98 Å². The molecule has 0 N–H and O–H groups in total. The van der Waals surface area contributed by atoms with Crippen LogP contribution >= 0.6 is 11.6 Å². The van der Waals surface area contributed by atoms with Crippen LogP contribution < -0.4 is 0 Å². The van der Waals surface area contributed by atoms with E-state index in [1.54, 1.807) is 18.3 Å². The standard InChI is InChI=1S/C24H24ClN3O/c1-18-9-11-20(12-10-18)22(19-6-3-2-4-7-19)27-14-16-28(17-15-27)24(29)21-8-5-13-26-23(21)25/h2-13,22H,14-17H2,1H3/t22-/m0/s1. The predicted molar refractivity (Wildman–Crippen MR) is 116 cm³/mol. The SMILES string of the molecule is Cc1ccc([C@H](c2ccccc2)N2CCN(C(=O)c3cccnc3Cl)CC2)cc1. The van der Waals surface area contributed by atoms with E-state index in [-0.39, 0.29) is 17.1 Å². The van der Waals surface area contributed by atoms with Gasteiger partial charge in [0.25, 0.3) is 5.91 Å². The third kappa shape index (κ3) is 4.34. The summed E-state index contributed by atoms with van der Waals surface area (Å²) in [6.07, 6.45) is 1.60. The number of benzene rings is 2. The highest BCUT2D eigenvalue weighted by Crippen LogP contribution is 2.30. The van der Waals surface area contributed by atoms with Crippen molar-refractivity contribution in [2.75, 3.05) is 26.2 Å². The lowest BCUT2D eigenvalue weighted by atomic mass is 9.95. The maximum absolute atomic E-state index is 12.9. The van der Waals surface area contributed by atoms with Gasteiger partial charge in [0.2, 0.25) is 0 Å². The maximum atomic E-state index is 12.9. The number of aryl methyl sites for hydroxylation is 1. The third-order valence-corrected chi connectivity index (χ3v) is 5.77. The van der Waals surface area contributed by atoms with Crippen molar-refractivity contribution in [1.29, 1.82) is 0 Å². The molecule has 1 aromatic heterocycles. The summed E-state index contributed by atoms with van der Waals surface area (Å²) >= 11 is 6.12. The van der Waals surface area contributed by atoms with E-state index in [0.29, 0.717) is 18.7 Å². The number of carbonyl (C=O) groups excluding carboxylic acids is 1. The molecule has 148 valence electrons. The fourth-order valence-corrected chi connectivity index (χ4v) is 4.10. The lowest BCUT2D eigenvalue weighted by molar-refractivity contribution is 0.0597. The van der Waals surface area contributed by atoms with E-state index in [1.807, 2.05) is 11.0 Å². The molecule has 0 bridgehead atoms. The van der Waals surface area contributed by atoms with Crippen molar-refractivity contribution in [2.24, 2.45) is 0 Å². The van der Waals surface area contributed by atoms with Crippen molar-refractivity contribution in [3.8, 4) is 0 Å². The van der Waals surface area contributed by atoms with Crippen LogP contribution in [0.1, 0.15) is 33.1 Å². The maximum Gasteiger partial charge on any atom is 0.257 e. The second-order valence-electron chi connectivity index (χ2n) is 7.39. The topological polar surface area (TPSA) is 36.4 Å². The molecule has 1 amide bonds. The first-order valence-corrected chi connectivity index (χ1v) is 10.3. The van der Waals surface area contributed by atoms with Crippen LogP contribution in [0, 0.1) is 6.92 Å². The molecule has 1 saturated heterocycles. The Bertz CT molecular complexity index is 967. The van der Waals surface area contributed by atoms with Gasteiger partial charge in [0, 0.05) is 32.4 Å². The first kappa shape index (κ1) is 19.6. The monoisotopic (exact) mass is 405 g/mol. The molecule has 5 heteroatoms. The summed E-state index contributed by atoms with van der Waals surface area (Å²) in [4.78, 5) is 21.2. The lowest BCUT2D eigenvalue weighted by Crippen LogP contribution is -2.50. The number of nitrogens with zero attached hydrogens (tertiary/aromatic N) is 3. The number of aromatic nitrogens is 1. The van der Waals surface area contributed by atoms with Crippen molar-refractivity contribution in [2.45, 2.75) is 13.0 Å². The van der Waals surface area contributed by atoms with Gasteiger partial charge < -0.3 is 4.90 Å². The van der Waals surface area contributed by atoms with Crippen LogP contribution in [0.25, 0.3) is 0 Å². The van der Waals surface area contributed by atoms with E-state index in [0.717, 1.165) is 13.1 Å². The molecule has 1 aliphatic heterocycles. The Balaban J connectivity index is 1.53. The minimum Gasteiger partial charge on any atom is -0.336 e. The molecule has 0 aliphatic carbocycles. The van der Waals surface area contributed by atoms with Gasteiger partial charge in [0.05, 0.1) is 11.6 Å². The lowest BCUT2D eigenvalue weighted by Gasteiger charge is -2.40. The Kier molecular flexibility index (Phi) is 5.93.